The molecule has 0 radical (unpaired) electrons. The molecule has 0 heterocycles. The van der Waals surface area contributed by atoms with Crippen LogP contribution in [0.4, 0.5) is 0 Å². The number of carbonyl (C=O) groups excluding carboxylic acids is 1. The first-order valence-corrected chi connectivity index (χ1v) is 6.82. The van der Waals surface area contributed by atoms with E-state index in [0.717, 1.165) is 24.2 Å². The number of carbonyl (C=O) groups is 1. The molecule has 0 saturated heterocycles. The molecule has 1 amide bonds. The van der Waals surface area contributed by atoms with Gasteiger partial charge in [0.1, 0.15) is 12.4 Å². The maximum absolute atomic E-state index is 11.2. The van der Waals surface area contributed by atoms with E-state index in [0.29, 0.717) is 12.2 Å². The van der Waals surface area contributed by atoms with E-state index in [-0.39, 0.29) is 5.54 Å². The fourth-order valence-electron chi connectivity index (χ4n) is 2.63. The quantitative estimate of drug-likeness (QED) is 0.872. The highest BCUT2D eigenvalue weighted by Gasteiger charge is 2.28. The normalized spacial score (nSPS) is 18.0. The Morgan fingerprint density at radius 3 is 2.58 bits per heavy atom. The molecule has 2 rings (SSSR count). The van der Waals surface area contributed by atoms with Gasteiger partial charge in [-0.3, -0.25) is 4.79 Å². The molecule has 4 nitrogen and oxygen atoms in total. The van der Waals surface area contributed by atoms with E-state index in [9.17, 15) is 4.79 Å². The van der Waals surface area contributed by atoms with Crippen molar-refractivity contribution in [1.82, 2.24) is 0 Å². The molecule has 1 aliphatic carbocycles. The van der Waals surface area contributed by atoms with Gasteiger partial charge < -0.3 is 16.2 Å². The Morgan fingerprint density at radius 2 is 2.00 bits per heavy atom. The fraction of sp³-hybridized carbons (Fsp3) is 0.533. The van der Waals surface area contributed by atoms with Crippen molar-refractivity contribution in [1.29, 1.82) is 0 Å². The number of rotatable bonds is 4. The lowest BCUT2D eigenvalue weighted by Gasteiger charge is -2.33. The summed E-state index contributed by atoms with van der Waals surface area (Å²) in [6, 6.07) is 5.32. The zero-order valence-corrected chi connectivity index (χ0v) is 11.4. The highest BCUT2D eigenvalue weighted by Crippen LogP contribution is 2.27. The number of benzene rings is 1. The Hall–Kier alpha value is -1.55. The summed E-state index contributed by atoms with van der Waals surface area (Å²) in [6.45, 7) is 2.38. The third kappa shape index (κ3) is 3.47. The number of primary amides is 1. The summed E-state index contributed by atoms with van der Waals surface area (Å²) >= 11 is 0. The Labute approximate surface area is 114 Å². The lowest BCUT2D eigenvalue weighted by atomic mass is 9.83. The predicted molar refractivity (Wildman–Crippen MR) is 75.2 cm³/mol. The monoisotopic (exact) mass is 262 g/mol. The number of hydrogen-bond acceptors (Lipinski definition) is 3. The molecule has 1 fully saturated rings. The van der Waals surface area contributed by atoms with Gasteiger partial charge in [-0.2, -0.15) is 0 Å². The molecule has 1 aromatic carbocycles. The van der Waals surface area contributed by atoms with E-state index in [2.05, 4.69) is 0 Å². The Morgan fingerprint density at radius 1 is 1.32 bits per heavy atom. The van der Waals surface area contributed by atoms with E-state index < -0.39 is 5.91 Å². The van der Waals surface area contributed by atoms with Crippen molar-refractivity contribution >= 4 is 5.91 Å². The van der Waals surface area contributed by atoms with Gasteiger partial charge in [-0.1, -0.05) is 19.3 Å². The van der Waals surface area contributed by atoms with Gasteiger partial charge in [0.2, 0.25) is 5.91 Å². The van der Waals surface area contributed by atoms with Gasteiger partial charge in [-0.25, -0.2) is 0 Å². The third-order valence-corrected chi connectivity index (χ3v) is 3.84. The van der Waals surface area contributed by atoms with Crippen LogP contribution < -0.4 is 16.2 Å². The second kappa shape index (κ2) is 5.61. The van der Waals surface area contributed by atoms with Gasteiger partial charge >= 0.3 is 0 Å². The minimum absolute atomic E-state index is 0.200. The zero-order chi connectivity index (χ0) is 13.9. The first-order valence-electron chi connectivity index (χ1n) is 6.82. The molecule has 0 bridgehead atoms. The van der Waals surface area contributed by atoms with Crippen molar-refractivity contribution in [3.8, 4) is 5.75 Å². The van der Waals surface area contributed by atoms with Crippen LogP contribution in [0.1, 0.15) is 48.0 Å². The minimum Gasteiger partial charge on any atom is -0.492 e. The first kappa shape index (κ1) is 13.9. The topological polar surface area (TPSA) is 78.3 Å². The fourth-order valence-corrected chi connectivity index (χ4v) is 2.63. The molecule has 1 aliphatic rings. The van der Waals surface area contributed by atoms with Gasteiger partial charge in [0.05, 0.1) is 5.54 Å². The highest BCUT2D eigenvalue weighted by molar-refractivity contribution is 5.94. The molecular formula is C15H22N2O2. The summed E-state index contributed by atoms with van der Waals surface area (Å²) < 4.78 is 5.79. The molecule has 104 valence electrons. The average molecular weight is 262 g/mol. The maximum atomic E-state index is 11.2. The number of amides is 1. The molecule has 1 aromatic rings. The molecule has 0 aromatic heterocycles. The largest absolute Gasteiger partial charge is 0.492 e. The van der Waals surface area contributed by atoms with E-state index in [1.54, 1.807) is 12.1 Å². The van der Waals surface area contributed by atoms with Crippen LogP contribution in [0, 0.1) is 6.92 Å². The molecular weight excluding hydrogens is 240 g/mol. The van der Waals surface area contributed by atoms with Crippen molar-refractivity contribution in [2.75, 3.05) is 6.61 Å². The SMILES string of the molecule is Cc1cc(OCC2(N)CCCCC2)ccc1C(N)=O. The standard InChI is InChI=1S/C15H22N2O2/c1-11-9-12(5-6-13(11)14(16)18)19-10-15(17)7-3-2-4-8-15/h5-6,9H,2-4,7-8,10,17H2,1H3,(H2,16,18). The van der Waals surface area contributed by atoms with Gasteiger partial charge in [-0.15, -0.1) is 0 Å². The third-order valence-electron chi connectivity index (χ3n) is 3.84. The van der Waals surface area contributed by atoms with Crippen LogP contribution in [0.3, 0.4) is 0 Å². The summed E-state index contributed by atoms with van der Waals surface area (Å²) in [6.07, 6.45) is 5.67. The smallest absolute Gasteiger partial charge is 0.248 e. The van der Waals surface area contributed by atoms with E-state index in [1.807, 2.05) is 13.0 Å². The van der Waals surface area contributed by atoms with Gasteiger partial charge in [-0.05, 0) is 43.5 Å². The van der Waals surface area contributed by atoms with Crippen LogP contribution in [-0.4, -0.2) is 18.1 Å². The molecule has 4 heteroatoms. The Bertz CT molecular complexity index is 465. The predicted octanol–water partition coefficient (Wildman–Crippen LogP) is 2.13. The van der Waals surface area contributed by atoms with Crippen molar-refractivity contribution in [2.24, 2.45) is 11.5 Å². The minimum atomic E-state index is -0.411. The summed E-state index contributed by atoms with van der Waals surface area (Å²) in [4.78, 5) is 11.2. The second-order valence-corrected chi connectivity index (χ2v) is 5.55. The zero-order valence-electron chi connectivity index (χ0n) is 11.4. The first-order chi connectivity index (χ1) is 9.00. The van der Waals surface area contributed by atoms with Crippen molar-refractivity contribution < 1.29 is 9.53 Å². The molecule has 0 atom stereocenters. The average Bonchev–Trinajstić information content (AvgIpc) is 2.37. The van der Waals surface area contributed by atoms with Crippen molar-refractivity contribution in [3.63, 3.8) is 0 Å². The highest BCUT2D eigenvalue weighted by atomic mass is 16.5. The number of hydrogen-bond donors (Lipinski definition) is 2. The molecule has 0 unspecified atom stereocenters. The molecule has 0 aliphatic heterocycles. The molecule has 4 N–H and O–H groups in total. The Balaban J connectivity index is 2.00. The number of ether oxygens (including phenoxy) is 1. The van der Waals surface area contributed by atoms with Crippen LogP contribution in [0.5, 0.6) is 5.75 Å². The van der Waals surface area contributed by atoms with Crippen LogP contribution in [0.2, 0.25) is 0 Å². The molecule has 19 heavy (non-hydrogen) atoms. The van der Waals surface area contributed by atoms with Crippen LogP contribution in [0.25, 0.3) is 0 Å². The van der Waals surface area contributed by atoms with E-state index in [1.165, 1.54) is 19.3 Å². The number of aryl methyl sites for hydroxylation is 1. The van der Waals surface area contributed by atoms with Gasteiger partial charge in [0.15, 0.2) is 0 Å². The molecule has 0 spiro atoms. The summed E-state index contributed by atoms with van der Waals surface area (Å²) in [5.41, 5.74) is 12.8. The summed E-state index contributed by atoms with van der Waals surface area (Å²) in [7, 11) is 0. The van der Waals surface area contributed by atoms with Crippen LogP contribution in [0.15, 0.2) is 18.2 Å². The Kier molecular flexibility index (Phi) is 4.10. The maximum Gasteiger partial charge on any atom is 0.248 e. The second-order valence-electron chi connectivity index (χ2n) is 5.55. The summed E-state index contributed by atoms with van der Waals surface area (Å²) in [5, 5.41) is 0. The summed E-state index contributed by atoms with van der Waals surface area (Å²) in [5.74, 6) is 0.338. The molecule has 1 saturated carbocycles. The van der Waals surface area contributed by atoms with Crippen LogP contribution in [-0.2, 0) is 0 Å². The van der Waals surface area contributed by atoms with Crippen molar-refractivity contribution in [2.45, 2.75) is 44.6 Å². The van der Waals surface area contributed by atoms with Gasteiger partial charge in [0, 0.05) is 5.56 Å². The van der Waals surface area contributed by atoms with E-state index in [4.69, 9.17) is 16.2 Å². The van der Waals surface area contributed by atoms with Crippen molar-refractivity contribution in [3.05, 3.63) is 29.3 Å². The lowest BCUT2D eigenvalue weighted by Crippen LogP contribution is -2.47. The number of nitrogens with two attached hydrogens (primary N) is 2. The lowest BCUT2D eigenvalue weighted by molar-refractivity contribution is 0.0999. The van der Waals surface area contributed by atoms with Gasteiger partial charge in [0.25, 0.3) is 0 Å². The van der Waals surface area contributed by atoms with Crippen LogP contribution >= 0.6 is 0 Å². The van der Waals surface area contributed by atoms with E-state index >= 15 is 0 Å².